The van der Waals surface area contributed by atoms with Gasteiger partial charge in [-0.25, -0.2) is 19.3 Å². The minimum atomic E-state index is -0.447. The van der Waals surface area contributed by atoms with Gasteiger partial charge in [-0.1, -0.05) is 12.1 Å². The molecule has 0 unspecified atom stereocenters. The first-order chi connectivity index (χ1) is 18.2. The molecule has 3 heterocycles. The van der Waals surface area contributed by atoms with Crippen molar-refractivity contribution in [2.75, 3.05) is 24.6 Å². The van der Waals surface area contributed by atoms with Crippen molar-refractivity contribution in [3.05, 3.63) is 57.6 Å². The molecular formula is C27H29FN4O5S. The minimum absolute atomic E-state index is 0.0205. The average molecular weight is 541 g/mol. The largest absolute Gasteiger partial charge is 0.466 e. The second-order valence-electron chi connectivity index (χ2n) is 9.00. The van der Waals surface area contributed by atoms with Crippen molar-refractivity contribution in [1.29, 1.82) is 0 Å². The van der Waals surface area contributed by atoms with Crippen molar-refractivity contribution in [2.24, 2.45) is 5.92 Å². The predicted octanol–water partition coefficient (Wildman–Crippen LogP) is 4.32. The lowest BCUT2D eigenvalue weighted by Crippen LogP contribution is -2.37. The fraction of sp³-hybridized carbons (Fsp3) is 0.407. The molecule has 0 atom stereocenters. The smallest absolute Gasteiger partial charge is 0.309 e. The number of ether oxygens (including phenoxy) is 2. The van der Waals surface area contributed by atoms with E-state index < -0.39 is 5.97 Å². The number of aryl methyl sites for hydroxylation is 1. The zero-order chi connectivity index (χ0) is 27.2. The van der Waals surface area contributed by atoms with E-state index in [1.807, 2.05) is 4.90 Å². The van der Waals surface area contributed by atoms with Crippen molar-refractivity contribution < 1.29 is 28.2 Å². The highest BCUT2D eigenvalue weighted by Crippen LogP contribution is 2.31. The highest BCUT2D eigenvalue weighted by molar-refractivity contribution is 7.12. The van der Waals surface area contributed by atoms with Crippen LogP contribution in [0.3, 0.4) is 0 Å². The van der Waals surface area contributed by atoms with Gasteiger partial charge in [-0.05, 0) is 38.3 Å². The summed E-state index contributed by atoms with van der Waals surface area (Å²) in [7, 11) is 0. The third-order valence-electron chi connectivity index (χ3n) is 6.27. The Kier molecular flexibility index (Phi) is 8.77. The molecule has 0 saturated carbocycles. The van der Waals surface area contributed by atoms with Crippen LogP contribution in [0, 0.1) is 18.7 Å². The fourth-order valence-electron chi connectivity index (χ4n) is 4.17. The van der Waals surface area contributed by atoms with Crippen LogP contribution in [0.5, 0.6) is 0 Å². The molecule has 0 aliphatic carbocycles. The molecule has 1 aromatic carbocycles. The number of esters is 2. The SMILES string of the molecule is CCOC(=O)C1CCN(c2cnc(C(=O)Cc3nc(-c4ccc(C)c(F)c4)c(COC(C)=O)s3)cn2)CC1. The predicted molar refractivity (Wildman–Crippen MR) is 139 cm³/mol. The van der Waals surface area contributed by atoms with Gasteiger partial charge >= 0.3 is 11.9 Å². The maximum absolute atomic E-state index is 14.2. The summed E-state index contributed by atoms with van der Waals surface area (Å²) < 4.78 is 24.5. The van der Waals surface area contributed by atoms with Gasteiger partial charge in [-0.3, -0.25) is 14.4 Å². The van der Waals surface area contributed by atoms with Crippen LogP contribution in [-0.2, 0) is 32.1 Å². The van der Waals surface area contributed by atoms with E-state index >= 15 is 0 Å². The number of hydrogen-bond donors (Lipinski definition) is 0. The molecule has 1 saturated heterocycles. The quantitative estimate of drug-likeness (QED) is 0.289. The number of benzene rings is 1. The first kappa shape index (κ1) is 27.3. The monoisotopic (exact) mass is 540 g/mol. The first-order valence-corrected chi connectivity index (χ1v) is 13.2. The molecule has 2 aromatic heterocycles. The summed E-state index contributed by atoms with van der Waals surface area (Å²) in [4.78, 5) is 52.2. The normalized spacial score (nSPS) is 13.8. The van der Waals surface area contributed by atoms with Gasteiger partial charge in [0, 0.05) is 25.6 Å². The number of halogens is 1. The lowest BCUT2D eigenvalue weighted by atomic mass is 9.97. The van der Waals surface area contributed by atoms with E-state index in [1.165, 1.54) is 30.5 Å². The number of Topliss-reactive ketones (excluding diaryl/α,β-unsaturated/α-hetero) is 1. The standard InChI is InChI=1S/C27H29FN4O5S/c1-4-36-27(35)18-7-9-32(10-8-18)24-14-29-21(13-30-24)22(34)12-25-31-26(23(38-25)15-37-17(3)33)19-6-5-16(2)20(28)11-19/h5-6,11,13-14,18H,4,7-10,12,15H2,1-3H3. The van der Waals surface area contributed by atoms with Crippen LogP contribution in [0.4, 0.5) is 10.2 Å². The number of nitrogens with zero attached hydrogens (tertiary/aromatic N) is 4. The number of ketones is 1. The van der Waals surface area contributed by atoms with Crippen LogP contribution in [0.25, 0.3) is 11.3 Å². The third kappa shape index (κ3) is 6.58. The van der Waals surface area contributed by atoms with Gasteiger partial charge in [-0.15, -0.1) is 11.3 Å². The summed E-state index contributed by atoms with van der Waals surface area (Å²) in [5.74, 6) is -0.701. The molecule has 3 aromatic rings. The zero-order valence-electron chi connectivity index (χ0n) is 21.5. The molecule has 0 spiro atoms. The number of carbonyl (C=O) groups is 3. The van der Waals surface area contributed by atoms with Crippen molar-refractivity contribution in [1.82, 2.24) is 15.0 Å². The summed E-state index contributed by atoms with van der Waals surface area (Å²) in [5, 5.41) is 0.500. The molecule has 4 rings (SSSR count). The molecule has 0 bridgehead atoms. The van der Waals surface area contributed by atoms with Crippen LogP contribution in [-0.4, -0.2) is 52.4 Å². The van der Waals surface area contributed by atoms with E-state index in [-0.39, 0.29) is 42.2 Å². The molecular weight excluding hydrogens is 511 g/mol. The average Bonchev–Trinajstić information content (AvgIpc) is 3.31. The van der Waals surface area contributed by atoms with E-state index in [1.54, 1.807) is 32.2 Å². The van der Waals surface area contributed by atoms with Crippen molar-refractivity contribution >= 4 is 34.9 Å². The summed E-state index contributed by atoms with van der Waals surface area (Å²) in [6.07, 6.45) is 4.33. The summed E-state index contributed by atoms with van der Waals surface area (Å²) in [5.41, 5.74) is 1.73. The number of anilines is 1. The second kappa shape index (κ2) is 12.2. The number of hydrogen-bond acceptors (Lipinski definition) is 10. The Morgan fingerprint density at radius 2 is 1.89 bits per heavy atom. The molecule has 200 valence electrons. The van der Waals surface area contributed by atoms with Crippen LogP contribution < -0.4 is 4.90 Å². The maximum atomic E-state index is 14.2. The molecule has 9 nitrogen and oxygen atoms in total. The number of rotatable bonds is 9. The molecule has 1 fully saturated rings. The molecule has 0 radical (unpaired) electrons. The summed E-state index contributed by atoms with van der Waals surface area (Å²) in [6, 6.07) is 4.78. The van der Waals surface area contributed by atoms with Crippen LogP contribution in [0.1, 0.15) is 52.6 Å². The Morgan fingerprint density at radius 1 is 1.13 bits per heavy atom. The molecule has 1 aliphatic rings. The van der Waals surface area contributed by atoms with Crippen molar-refractivity contribution in [2.45, 2.75) is 46.6 Å². The Bertz CT molecular complexity index is 1320. The summed E-state index contributed by atoms with van der Waals surface area (Å²) >= 11 is 1.24. The van der Waals surface area contributed by atoms with Gasteiger partial charge in [0.15, 0.2) is 5.78 Å². The van der Waals surface area contributed by atoms with Crippen LogP contribution >= 0.6 is 11.3 Å². The Hall–Kier alpha value is -3.73. The van der Waals surface area contributed by atoms with Gasteiger partial charge in [0.1, 0.15) is 28.9 Å². The molecule has 0 N–H and O–H groups in total. The van der Waals surface area contributed by atoms with Crippen molar-refractivity contribution in [3.63, 3.8) is 0 Å². The molecule has 0 amide bonds. The molecule has 11 heteroatoms. The number of carbonyl (C=O) groups excluding carboxylic acids is 3. The first-order valence-electron chi connectivity index (χ1n) is 12.4. The van der Waals surface area contributed by atoms with Crippen molar-refractivity contribution in [3.8, 4) is 11.3 Å². The second-order valence-corrected chi connectivity index (χ2v) is 10.2. The van der Waals surface area contributed by atoms with E-state index in [9.17, 15) is 18.8 Å². The van der Waals surface area contributed by atoms with Gasteiger partial charge in [0.2, 0.25) is 0 Å². The highest BCUT2D eigenvalue weighted by atomic mass is 32.1. The van der Waals surface area contributed by atoms with Gasteiger partial charge < -0.3 is 14.4 Å². The van der Waals surface area contributed by atoms with E-state index in [4.69, 9.17) is 9.47 Å². The van der Waals surface area contributed by atoms with E-state index in [0.29, 0.717) is 65.1 Å². The van der Waals surface area contributed by atoms with Crippen LogP contribution in [0.15, 0.2) is 30.6 Å². The fourth-order valence-corrected chi connectivity index (χ4v) is 5.17. The number of piperidine rings is 1. The number of aromatic nitrogens is 3. The maximum Gasteiger partial charge on any atom is 0.309 e. The zero-order valence-corrected chi connectivity index (χ0v) is 22.3. The van der Waals surface area contributed by atoms with Crippen LogP contribution in [0.2, 0.25) is 0 Å². The summed E-state index contributed by atoms with van der Waals surface area (Å²) in [6.45, 7) is 6.43. The number of thiazole rings is 1. The molecule has 38 heavy (non-hydrogen) atoms. The third-order valence-corrected chi connectivity index (χ3v) is 7.30. The Balaban J connectivity index is 1.44. The minimum Gasteiger partial charge on any atom is -0.466 e. The van der Waals surface area contributed by atoms with Gasteiger partial charge in [0.05, 0.1) is 41.9 Å². The topological polar surface area (TPSA) is 112 Å². The molecule has 1 aliphatic heterocycles. The van der Waals surface area contributed by atoms with E-state index in [2.05, 4.69) is 15.0 Å². The van der Waals surface area contributed by atoms with Gasteiger partial charge in [-0.2, -0.15) is 0 Å². The Morgan fingerprint density at radius 3 is 2.53 bits per heavy atom. The Labute approximate surface area is 224 Å². The highest BCUT2D eigenvalue weighted by Gasteiger charge is 2.27. The lowest BCUT2D eigenvalue weighted by molar-refractivity contribution is -0.148. The lowest BCUT2D eigenvalue weighted by Gasteiger charge is -2.31. The van der Waals surface area contributed by atoms with E-state index in [0.717, 1.165) is 0 Å². The van der Waals surface area contributed by atoms with Gasteiger partial charge in [0.25, 0.3) is 0 Å².